The standard InChI is InChI=1S/C22H18F3NO4S/c23-22(24,25)20-12-11-19(13-21(20)30-15-18-14-29-18)31(27,28)26(16-7-3-1-4-8-16)17-9-5-2-6-10-17/h1-13,18H,14-15H2. The average molecular weight is 449 g/mol. The molecule has 0 amide bonds. The second kappa shape index (κ2) is 8.24. The number of hydrogen-bond donors (Lipinski definition) is 0. The Labute approximate surface area is 177 Å². The average Bonchev–Trinajstić information content (AvgIpc) is 3.57. The van der Waals surface area contributed by atoms with Crippen molar-refractivity contribution in [3.8, 4) is 5.75 Å². The van der Waals surface area contributed by atoms with Gasteiger partial charge >= 0.3 is 6.18 Å². The van der Waals surface area contributed by atoms with Crippen molar-refractivity contribution in [3.63, 3.8) is 0 Å². The van der Waals surface area contributed by atoms with Crippen LogP contribution in [0.3, 0.4) is 0 Å². The first-order valence-corrected chi connectivity index (χ1v) is 10.8. The normalized spacial score (nSPS) is 16.0. The van der Waals surface area contributed by atoms with Crippen molar-refractivity contribution in [1.82, 2.24) is 0 Å². The first kappa shape index (κ1) is 21.2. The van der Waals surface area contributed by atoms with E-state index in [-0.39, 0.29) is 17.6 Å². The third-order valence-electron chi connectivity index (χ3n) is 4.61. The highest BCUT2D eigenvalue weighted by Crippen LogP contribution is 2.39. The summed E-state index contributed by atoms with van der Waals surface area (Å²) < 4.78 is 78.8. The Kier molecular flexibility index (Phi) is 5.63. The summed E-state index contributed by atoms with van der Waals surface area (Å²) in [6.07, 6.45) is -4.98. The molecule has 0 radical (unpaired) electrons. The molecule has 5 nitrogen and oxygen atoms in total. The Morgan fingerprint density at radius 1 is 0.935 bits per heavy atom. The molecule has 0 N–H and O–H groups in total. The van der Waals surface area contributed by atoms with Crippen LogP contribution < -0.4 is 9.04 Å². The van der Waals surface area contributed by atoms with Crippen LogP contribution in [0.25, 0.3) is 0 Å². The summed E-state index contributed by atoms with van der Waals surface area (Å²) in [5.74, 6) is -0.551. The SMILES string of the molecule is O=S(=O)(c1ccc(C(F)(F)F)c(OCC2CO2)c1)N(c1ccccc1)c1ccccc1. The maximum absolute atomic E-state index is 13.6. The van der Waals surface area contributed by atoms with Gasteiger partial charge in [-0.2, -0.15) is 13.2 Å². The van der Waals surface area contributed by atoms with E-state index in [1.807, 2.05) is 0 Å². The van der Waals surface area contributed by atoms with E-state index < -0.39 is 27.5 Å². The Balaban J connectivity index is 1.80. The molecule has 0 saturated carbocycles. The summed E-state index contributed by atoms with van der Waals surface area (Å²) in [4.78, 5) is -0.320. The third-order valence-corrected chi connectivity index (χ3v) is 6.36. The molecule has 1 atom stereocenters. The van der Waals surface area contributed by atoms with Gasteiger partial charge < -0.3 is 9.47 Å². The fourth-order valence-electron chi connectivity index (χ4n) is 3.02. The monoisotopic (exact) mass is 449 g/mol. The molecule has 1 aliphatic heterocycles. The fourth-order valence-corrected chi connectivity index (χ4v) is 4.53. The molecule has 3 aromatic rings. The quantitative estimate of drug-likeness (QED) is 0.476. The van der Waals surface area contributed by atoms with Gasteiger partial charge in [-0.25, -0.2) is 12.7 Å². The molecule has 162 valence electrons. The lowest BCUT2D eigenvalue weighted by molar-refractivity contribution is -0.139. The van der Waals surface area contributed by atoms with Crippen LogP contribution in [0.5, 0.6) is 5.75 Å². The molecule has 0 aliphatic carbocycles. The minimum absolute atomic E-state index is 0.0896. The molecule has 9 heteroatoms. The Morgan fingerprint density at radius 2 is 1.48 bits per heavy atom. The molecule has 1 unspecified atom stereocenters. The van der Waals surface area contributed by atoms with Crippen LogP contribution in [-0.2, 0) is 20.9 Å². The number of para-hydroxylation sites is 2. The number of sulfonamides is 1. The summed E-state index contributed by atoms with van der Waals surface area (Å²) in [7, 11) is -4.26. The van der Waals surface area contributed by atoms with Crippen LogP contribution in [0.2, 0.25) is 0 Å². The van der Waals surface area contributed by atoms with Crippen LogP contribution in [0, 0.1) is 0 Å². The lowest BCUT2D eigenvalue weighted by Gasteiger charge is -2.25. The topological polar surface area (TPSA) is 59.1 Å². The van der Waals surface area contributed by atoms with Gasteiger partial charge in [0.05, 0.1) is 28.4 Å². The summed E-state index contributed by atoms with van der Waals surface area (Å²) in [5.41, 5.74) is -0.344. The summed E-state index contributed by atoms with van der Waals surface area (Å²) in [5, 5.41) is 0. The van der Waals surface area contributed by atoms with Gasteiger partial charge in [0.1, 0.15) is 18.5 Å². The van der Waals surface area contributed by atoms with Crippen LogP contribution in [0.1, 0.15) is 5.56 Å². The number of halogens is 3. The zero-order chi connectivity index (χ0) is 22.1. The highest BCUT2D eigenvalue weighted by Gasteiger charge is 2.37. The van der Waals surface area contributed by atoms with Crippen LogP contribution in [0.15, 0.2) is 83.8 Å². The molecule has 0 aromatic heterocycles. The molecule has 1 aliphatic rings. The van der Waals surface area contributed by atoms with Crippen LogP contribution in [0.4, 0.5) is 24.5 Å². The smallest absolute Gasteiger partial charge is 0.419 e. The molecule has 1 fully saturated rings. The van der Waals surface area contributed by atoms with E-state index in [0.717, 1.165) is 22.5 Å². The van der Waals surface area contributed by atoms with E-state index in [4.69, 9.17) is 9.47 Å². The molecule has 1 heterocycles. The predicted octanol–water partition coefficient (Wildman–Crippen LogP) is 5.01. The van der Waals surface area contributed by atoms with Crippen molar-refractivity contribution in [2.45, 2.75) is 17.2 Å². The van der Waals surface area contributed by atoms with Crippen LogP contribution >= 0.6 is 0 Å². The number of epoxide rings is 1. The largest absolute Gasteiger partial charge is 0.490 e. The maximum Gasteiger partial charge on any atom is 0.419 e. The highest BCUT2D eigenvalue weighted by atomic mass is 32.2. The molecule has 0 bridgehead atoms. The first-order valence-electron chi connectivity index (χ1n) is 9.38. The van der Waals surface area contributed by atoms with E-state index in [2.05, 4.69) is 0 Å². The summed E-state index contributed by atoms with van der Waals surface area (Å²) in [6, 6.07) is 19.2. The second-order valence-electron chi connectivity index (χ2n) is 6.86. The second-order valence-corrected chi connectivity index (χ2v) is 8.65. The van der Waals surface area contributed by atoms with Crippen molar-refractivity contribution in [3.05, 3.63) is 84.4 Å². The van der Waals surface area contributed by atoms with Gasteiger partial charge in [-0.1, -0.05) is 36.4 Å². The Morgan fingerprint density at radius 3 is 1.97 bits per heavy atom. The Hall–Kier alpha value is -3.04. The minimum atomic E-state index is -4.69. The molecule has 31 heavy (non-hydrogen) atoms. The van der Waals surface area contributed by atoms with E-state index in [9.17, 15) is 21.6 Å². The number of nitrogens with zero attached hydrogens (tertiary/aromatic N) is 1. The van der Waals surface area contributed by atoms with Crippen molar-refractivity contribution < 1.29 is 31.1 Å². The lowest BCUT2D eigenvalue weighted by atomic mass is 10.2. The third kappa shape index (κ3) is 4.67. The van der Waals surface area contributed by atoms with Gasteiger partial charge in [-0.05, 0) is 36.4 Å². The van der Waals surface area contributed by atoms with Crippen LogP contribution in [-0.4, -0.2) is 27.7 Å². The van der Waals surface area contributed by atoms with Gasteiger partial charge in [0.15, 0.2) is 0 Å². The van der Waals surface area contributed by atoms with Gasteiger partial charge in [0, 0.05) is 6.07 Å². The zero-order valence-electron chi connectivity index (χ0n) is 16.1. The maximum atomic E-state index is 13.6. The number of benzene rings is 3. The highest BCUT2D eigenvalue weighted by molar-refractivity contribution is 7.93. The lowest BCUT2D eigenvalue weighted by Crippen LogP contribution is -2.26. The minimum Gasteiger partial charge on any atom is -0.490 e. The number of rotatable bonds is 7. The van der Waals surface area contributed by atoms with Gasteiger partial charge in [0.2, 0.25) is 0 Å². The van der Waals surface area contributed by atoms with E-state index in [0.29, 0.717) is 18.0 Å². The van der Waals surface area contributed by atoms with Crippen molar-refractivity contribution in [2.75, 3.05) is 17.5 Å². The number of hydrogen-bond acceptors (Lipinski definition) is 4. The predicted molar refractivity (Wildman–Crippen MR) is 109 cm³/mol. The van der Waals surface area contributed by atoms with E-state index in [1.54, 1.807) is 60.7 Å². The molecule has 3 aromatic carbocycles. The number of anilines is 2. The number of alkyl halides is 3. The van der Waals surface area contributed by atoms with Crippen molar-refractivity contribution in [2.24, 2.45) is 0 Å². The number of ether oxygens (including phenoxy) is 2. The van der Waals surface area contributed by atoms with E-state index in [1.165, 1.54) is 0 Å². The van der Waals surface area contributed by atoms with Crippen molar-refractivity contribution >= 4 is 21.4 Å². The van der Waals surface area contributed by atoms with Gasteiger partial charge in [0.25, 0.3) is 10.0 Å². The summed E-state index contributed by atoms with van der Waals surface area (Å²) in [6.45, 7) is 0.308. The molecular formula is C22H18F3NO4S. The fraction of sp³-hybridized carbons (Fsp3) is 0.182. The van der Waals surface area contributed by atoms with E-state index >= 15 is 0 Å². The van der Waals surface area contributed by atoms with Gasteiger partial charge in [-0.3, -0.25) is 0 Å². The zero-order valence-corrected chi connectivity index (χ0v) is 16.9. The summed E-state index contributed by atoms with van der Waals surface area (Å²) >= 11 is 0. The van der Waals surface area contributed by atoms with Gasteiger partial charge in [-0.15, -0.1) is 0 Å². The molecule has 1 saturated heterocycles. The van der Waals surface area contributed by atoms with Crippen molar-refractivity contribution in [1.29, 1.82) is 0 Å². The first-order chi connectivity index (χ1) is 14.8. The molecular weight excluding hydrogens is 431 g/mol. The Bertz CT molecular complexity index is 1110. The molecule has 0 spiro atoms. The molecule has 4 rings (SSSR count).